The predicted octanol–water partition coefficient (Wildman–Crippen LogP) is -2.37. The predicted molar refractivity (Wildman–Crippen MR) is 33.7 cm³/mol. The first kappa shape index (κ1) is 13.0. The van der Waals surface area contributed by atoms with Gasteiger partial charge in [-0.3, -0.25) is 0 Å². The number of rotatable bonds is 2. The van der Waals surface area contributed by atoms with Gasteiger partial charge in [0.1, 0.15) is 10.1 Å². The molecule has 52 valence electrons. The molecule has 0 aromatic carbocycles. The van der Waals surface area contributed by atoms with E-state index in [0.717, 1.165) is 0 Å². The van der Waals surface area contributed by atoms with Crippen molar-refractivity contribution in [3.05, 3.63) is 23.6 Å². The van der Waals surface area contributed by atoms with Crippen LogP contribution in [0, 0.1) is 0 Å². The van der Waals surface area contributed by atoms with Crippen LogP contribution in [0.4, 0.5) is 0 Å². The zero-order valence-electron chi connectivity index (χ0n) is 5.99. The second-order valence-electron chi connectivity index (χ2n) is 1.56. The summed E-state index contributed by atoms with van der Waals surface area (Å²) >= 11 is 0. The van der Waals surface area contributed by atoms with Crippen LogP contribution in [-0.2, 0) is 10.1 Å². The van der Waals surface area contributed by atoms with Crippen LogP contribution in [0.15, 0.2) is 23.6 Å². The Morgan fingerprint density at radius 1 is 1.60 bits per heavy atom. The molecule has 3 nitrogen and oxygen atoms in total. The van der Waals surface area contributed by atoms with E-state index in [1.807, 2.05) is 0 Å². The Kier molecular flexibility index (Phi) is 6.63. The average molecular weight is 170 g/mol. The molecule has 0 N–H and O–H groups in total. The maximum atomic E-state index is 9.92. The smallest absolute Gasteiger partial charge is 0.744 e. The maximum absolute atomic E-state index is 9.92. The SMILES string of the molecule is C=CC(C)=CS(=O)(=O)[O-].[Na+]. The molecule has 5 heteroatoms. The molecule has 0 radical (unpaired) electrons. The van der Waals surface area contributed by atoms with Gasteiger partial charge in [0.2, 0.25) is 0 Å². The summed E-state index contributed by atoms with van der Waals surface area (Å²) in [5, 5.41) is 0.625. The fourth-order valence-corrected chi connectivity index (χ4v) is 0.827. The molecule has 0 atom stereocenters. The van der Waals surface area contributed by atoms with Gasteiger partial charge in [0, 0.05) is 5.41 Å². The second-order valence-corrected chi connectivity index (χ2v) is 2.78. The summed E-state index contributed by atoms with van der Waals surface area (Å²) in [6.07, 6.45) is 1.30. The van der Waals surface area contributed by atoms with Crippen molar-refractivity contribution in [2.75, 3.05) is 0 Å². The van der Waals surface area contributed by atoms with Crippen LogP contribution in [0.5, 0.6) is 0 Å². The van der Waals surface area contributed by atoms with E-state index in [2.05, 4.69) is 6.58 Å². The molecule has 0 heterocycles. The Labute approximate surface area is 82.9 Å². The van der Waals surface area contributed by atoms with Crippen LogP contribution in [0.3, 0.4) is 0 Å². The molecule has 0 saturated carbocycles. The molecule has 0 aromatic rings. The molecule has 0 amide bonds. The van der Waals surface area contributed by atoms with Crippen molar-refractivity contribution in [2.45, 2.75) is 6.92 Å². The molecule has 0 aliphatic heterocycles. The number of allylic oxidation sites excluding steroid dienone is 2. The Morgan fingerprint density at radius 3 is 2.10 bits per heavy atom. The van der Waals surface area contributed by atoms with Crippen molar-refractivity contribution in [3.63, 3.8) is 0 Å². The zero-order chi connectivity index (χ0) is 7.49. The Bertz CT molecular complexity index is 227. The second kappa shape index (κ2) is 5.09. The summed E-state index contributed by atoms with van der Waals surface area (Å²) < 4.78 is 29.8. The van der Waals surface area contributed by atoms with Gasteiger partial charge in [0.25, 0.3) is 0 Å². The Balaban J connectivity index is 0. The minimum absolute atomic E-state index is 0. The van der Waals surface area contributed by atoms with Gasteiger partial charge in [0.15, 0.2) is 0 Å². The van der Waals surface area contributed by atoms with Gasteiger partial charge in [-0.25, -0.2) is 8.42 Å². The Morgan fingerprint density at radius 2 is 2.00 bits per heavy atom. The van der Waals surface area contributed by atoms with Gasteiger partial charge in [-0.05, 0) is 12.5 Å². The quantitative estimate of drug-likeness (QED) is 0.264. The fraction of sp³-hybridized carbons (Fsp3) is 0.200. The average Bonchev–Trinajstić information content (AvgIpc) is 1.62. The van der Waals surface area contributed by atoms with Gasteiger partial charge in [-0.2, -0.15) is 0 Å². The third-order valence-corrected chi connectivity index (χ3v) is 1.31. The van der Waals surface area contributed by atoms with Gasteiger partial charge < -0.3 is 4.55 Å². The summed E-state index contributed by atoms with van der Waals surface area (Å²) in [4.78, 5) is 0. The maximum Gasteiger partial charge on any atom is 1.00 e. The first-order valence-corrected chi connectivity index (χ1v) is 3.69. The van der Waals surface area contributed by atoms with Crippen LogP contribution in [-0.4, -0.2) is 13.0 Å². The number of hydrogen-bond acceptors (Lipinski definition) is 3. The van der Waals surface area contributed by atoms with Gasteiger partial charge >= 0.3 is 29.6 Å². The zero-order valence-corrected chi connectivity index (χ0v) is 8.81. The third kappa shape index (κ3) is 8.39. The molecular weight excluding hydrogens is 163 g/mol. The molecule has 0 saturated heterocycles. The normalized spacial score (nSPS) is 12.0. The third-order valence-electron chi connectivity index (χ3n) is 0.652. The van der Waals surface area contributed by atoms with Gasteiger partial charge in [0.05, 0.1) is 0 Å². The van der Waals surface area contributed by atoms with Crippen LogP contribution in [0.1, 0.15) is 6.92 Å². The largest absolute Gasteiger partial charge is 1.00 e. The van der Waals surface area contributed by atoms with E-state index >= 15 is 0 Å². The van der Waals surface area contributed by atoms with Gasteiger partial charge in [-0.15, -0.1) is 0 Å². The molecule has 0 aliphatic carbocycles. The van der Waals surface area contributed by atoms with Crippen LogP contribution < -0.4 is 29.6 Å². The summed E-state index contributed by atoms with van der Waals surface area (Å²) in [6, 6.07) is 0. The van der Waals surface area contributed by atoms with Crippen molar-refractivity contribution < 1.29 is 42.5 Å². The summed E-state index contributed by atoms with van der Waals surface area (Å²) in [5.74, 6) is 0. The molecule has 0 rings (SSSR count). The molecule has 0 aromatic heterocycles. The molecule has 0 fully saturated rings. The topological polar surface area (TPSA) is 57.2 Å². The van der Waals surface area contributed by atoms with Crippen molar-refractivity contribution in [1.29, 1.82) is 0 Å². The molecule has 0 bridgehead atoms. The van der Waals surface area contributed by atoms with E-state index in [-0.39, 0.29) is 29.6 Å². The minimum atomic E-state index is -4.22. The molecule has 0 aliphatic rings. The summed E-state index contributed by atoms with van der Waals surface area (Å²) in [6.45, 7) is 4.76. The fourth-order valence-electron chi connectivity index (χ4n) is 0.276. The van der Waals surface area contributed by atoms with Crippen molar-refractivity contribution in [1.82, 2.24) is 0 Å². The standard InChI is InChI=1S/C5H8O3S.Na/c1-3-5(2)4-9(6,7)8;/h3-4H,1H2,2H3,(H,6,7,8);/q;+1/p-1. The van der Waals surface area contributed by atoms with Crippen LogP contribution in [0.25, 0.3) is 0 Å². The number of hydrogen-bond donors (Lipinski definition) is 0. The first-order valence-electron chi connectivity index (χ1n) is 2.22. The van der Waals surface area contributed by atoms with E-state index in [0.29, 0.717) is 11.0 Å². The van der Waals surface area contributed by atoms with E-state index in [4.69, 9.17) is 0 Å². The molecule has 10 heavy (non-hydrogen) atoms. The minimum Gasteiger partial charge on any atom is -0.744 e. The summed E-state index contributed by atoms with van der Waals surface area (Å²) in [7, 11) is -4.22. The van der Waals surface area contributed by atoms with Crippen LogP contribution in [0.2, 0.25) is 0 Å². The van der Waals surface area contributed by atoms with E-state index in [1.54, 1.807) is 0 Å². The van der Waals surface area contributed by atoms with E-state index in [1.165, 1.54) is 13.0 Å². The van der Waals surface area contributed by atoms with Crippen molar-refractivity contribution in [2.24, 2.45) is 0 Å². The van der Waals surface area contributed by atoms with Crippen molar-refractivity contribution in [3.8, 4) is 0 Å². The molecule has 0 unspecified atom stereocenters. The first-order chi connectivity index (χ1) is 3.95. The van der Waals surface area contributed by atoms with Crippen molar-refractivity contribution >= 4 is 10.1 Å². The van der Waals surface area contributed by atoms with Gasteiger partial charge in [-0.1, -0.05) is 12.7 Å². The molecule has 0 spiro atoms. The van der Waals surface area contributed by atoms with E-state index in [9.17, 15) is 13.0 Å². The van der Waals surface area contributed by atoms with Crippen LogP contribution >= 0.6 is 0 Å². The Hall–Kier alpha value is 0.390. The monoisotopic (exact) mass is 170 g/mol. The summed E-state index contributed by atoms with van der Waals surface area (Å²) in [5.41, 5.74) is 0.352. The van der Waals surface area contributed by atoms with E-state index < -0.39 is 10.1 Å². The molecular formula is C5H7NaO3S.